The Kier molecular flexibility index (Phi) is 4.64. The van der Waals surface area contributed by atoms with Crippen molar-refractivity contribution in [3.05, 3.63) is 105 Å². The van der Waals surface area contributed by atoms with E-state index in [0.717, 1.165) is 11.3 Å². The summed E-state index contributed by atoms with van der Waals surface area (Å²) in [5.74, 6) is -1.34. The van der Waals surface area contributed by atoms with E-state index < -0.39 is 23.4 Å². The maximum absolute atomic E-state index is 14.2. The van der Waals surface area contributed by atoms with Crippen molar-refractivity contribution >= 4 is 52.3 Å². The SMILES string of the molecule is CC(=O)[C@H]1[C@H](c2cccc(Cl)c2)C2(C(=O)c3ccccc3C2=O)[C@@H]2C=Cc3cc(Cl)ccc3N21. The lowest BCUT2D eigenvalue weighted by Crippen LogP contribution is -2.48. The van der Waals surface area contributed by atoms with Gasteiger partial charge in [-0.1, -0.05) is 71.8 Å². The summed E-state index contributed by atoms with van der Waals surface area (Å²) in [6.07, 6.45) is 3.77. The molecule has 0 N–H and O–H groups in total. The van der Waals surface area contributed by atoms with Gasteiger partial charge in [-0.25, -0.2) is 0 Å². The Morgan fingerprint density at radius 2 is 1.56 bits per heavy atom. The molecule has 3 aliphatic rings. The maximum Gasteiger partial charge on any atom is 0.180 e. The van der Waals surface area contributed by atoms with Gasteiger partial charge in [-0.15, -0.1) is 0 Å². The number of rotatable bonds is 2. The minimum atomic E-state index is -1.49. The molecule has 1 fully saturated rings. The predicted octanol–water partition coefficient (Wildman–Crippen LogP) is 6.02. The lowest BCUT2D eigenvalue weighted by Gasteiger charge is -2.37. The van der Waals surface area contributed by atoms with Crippen molar-refractivity contribution in [1.82, 2.24) is 0 Å². The number of hydrogen-bond acceptors (Lipinski definition) is 4. The van der Waals surface area contributed by atoms with Crippen LogP contribution in [0.1, 0.15) is 44.7 Å². The first-order valence-corrected chi connectivity index (χ1v) is 11.8. The zero-order chi connectivity index (χ0) is 23.8. The predicted molar refractivity (Wildman–Crippen MR) is 133 cm³/mol. The van der Waals surface area contributed by atoms with E-state index in [9.17, 15) is 14.4 Å². The molecule has 6 heteroatoms. The van der Waals surface area contributed by atoms with Crippen molar-refractivity contribution in [3.63, 3.8) is 0 Å². The summed E-state index contributed by atoms with van der Waals surface area (Å²) < 4.78 is 0. The molecular formula is C28H19Cl2NO3. The highest BCUT2D eigenvalue weighted by molar-refractivity contribution is 6.33. The van der Waals surface area contributed by atoms with Gasteiger partial charge in [0.1, 0.15) is 5.41 Å². The molecule has 168 valence electrons. The molecule has 3 aromatic carbocycles. The van der Waals surface area contributed by atoms with E-state index in [1.165, 1.54) is 6.92 Å². The van der Waals surface area contributed by atoms with Gasteiger partial charge in [-0.2, -0.15) is 0 Å². The molecule has 2 aliphatic heterocycles. The van der Waals surface area contributed by atoms with Crippen LogP contribution in [-0.4, -0.2) is 29.4 Å². The Morgan fingerprint density at radius 1 is 0.882 bits per heavy atom. The van der Waals surface area contributed by atoms with E-state index in [1.54, 1.807) is 48.5 Å². The number of Topliss-reactive ketones (excluding diaryl/α,β-unsaturated/α-hetero) is 3. The second-order valence-corrected chi connectivity index (χ2v) is 9.95. The summed E-state index contributed by atoms with van der Waals surface area (Å²) >= 11 is 12.6. The molecular weight excluding hydrogens is 469 g/mol. The molecule has 0 unspecified atom stereocenters. The average molecular weight is 488 g/mol. The molecule has 3 atom stereocenters. The second kappa shape index (κ2) is 7.39. The molecule has 0 aromatic heterocycles. The number of halogens is 2. The minimum Gasteiger partial charge on any atom is -0.352 e. The summed E-state index contributed by atoms with van der Waals surface area (Å²) in [6.45, 7) is 1.52. The van der Waals surface area contributed by atoms with Gasteiger partial charge in [0.15, 0.2) is 17.3 Å². The Bertz CT molecular complexity index is 1410. The first kappa shape index (κ1) is 21.3. The summed E-state index contributed by atoms with van der Waals surface area (Å²) in [5.41, 5.74) is 1.63. The normalized spacial score (nSPS) is 23.7. The fourth-order valence-electron chi connectivity index (χ4n) is 6.17. The Hall–Kier alpha value is -3.21. The van der Waals surface area contributed by atoms with E-state index >= 15 is 0 Å². The minimum absolute atomic E-state index is 0.125. The summed E-state index contributed by atoms with van der Waals surface area (Å²) in [4.78, 5) is 43.8. The third-order valence-electron chi connectivity index (χ3n) is 7.39. The van der Waals surface area contributed by atoms with Crippen LogP contribution in [-0.2, 0) is 4.79 Å². The van der Waals surface area contributed by atoms with Crippen LogP contribution in [0.15, 0.2) is 72.8 Å². The van der Waals surface area contributed by atoms with Gasteiger partial charge in [0, 0.05) is 32.8 Å². The molecule has 0 amide bonds. The first-order chi connectivity index (χ1) is 16.4. The van der Waals surface area contributed by atoms with Crippen LogP contribution in [0.3, 0.4) is 0 Å². The van der Waals surface area contributed by atoms with E-state index in [2.05, 4.69) is 0 Å². The molecule has 1 saturated heterocycles. The summed E-state index contributed by atoms with van der Waals surface area (Å²) in [5, 5.41) is 1.06. The fraction of sp³-hybridized carbons (Fsp3) is 0.179. The van der Waals surface area contributed by atoms with Gasteiger partial charge in [-0.05, 0) is 48.4 Å². The van der Waals surface area contributed by atoms with Crippen LogP contribution in [0.4, 0.5) is 5.69 Å². The van der Waals surface area contributed by atoms with Crippen LogP contribution < -0.4 is 4.90 Å². The highest BCUT2D eigenvalue weighted by atomic mass is 35.5. The second-order valence-electron chi connectivity index (χ2n) is 9.08. The van der Waals surface area contributed by atoms with Crippen LogP contribution in [0.5, 0.6) is 0 Å². The summed E-state index contributed by atoms with van der Waals surface area (Å²) in [6, 6.07) is 18.1. The van der Waals surface area contributed by atoms with Gasteiger partial charge in [-0.3, -0.25) is 14.4 Å². The average Bonchev–Trinajstić information content (AvgIpc) is 3.26. The van der Waals surface area contributed by atoms with E-state index in [4.69, 9.17) is 23.2 Å². The molecule has 1 aliphatic carbocycles. The Balaban J connectivity index is 1.69. The number of hydrogen-bond donors (Lipinski definition) is 0. The number of ketones is 3. The van der Waals surface area contributed by atoms with Crippen molar-refractivity contribution in [3.8, 4) is 0 Å². The number of anilines is 1. The van der Waals surface area contributed by atoms with Gasteiger partial charge in [0.2, 0.25) is 0 Å². The van der Waals surface area contributed by atoms with Crippen LogP contribution in [0.2, 0.25) is 10.0 Å². The maximum atomic E-state index is 14.2. The number of benzene rings is 3. The lowest BCUT2D eigenvalue weighted by atomic mass is 9.64. The quantitative estimate of drug-likeness (QED) is 0.415. The van der Waals surface area contributed by atoms with Gasteiger partial charge in [0.25, 0.3) is 0 Å². The smallest absolute Gasteiger partial charge is 0.180 e. The van der Waals surface area contributed by atoms with Crippen LogP contribution in [0, 0.1) is 5.41 Å². The third kappa shape index (κ3) is 2.64. The molecule has 3 aromatic rings. The van der Waals surface area contributed by atoms with Crippen molar-refractivity contribution in [1.29, 1.82) is 0 Å². The standard InChI is InChI=1S/C28H19Cl2NO3/c1-15(32)25-24(17-5-4-6-18(29)14-17)28(26(33)20-7-2-3-8-21(20)27(28)34)23-12-9-16-13-19(30)10-11-22(16)31(23)25/h2-14,23-25H,1H3/t23-,24-,25-/m0/s1. The highest BCUT2D eigenvalue weighted by Gasteiger charge is 2.71. The number of carbonyl (C=O) groups excluding carboxylic acids is 3. The van der Waals surface area contributed by atoms with Crippen molar-refractivity contribution in [2.75, 3.05) is 4.90 Å². The highest BCUT2D eigenvalue weighted by Crippen LogP contribution is 2.60. The molecule has 6 rings (SSSR count). The zero-order valence-electron chi connectivity index (χ0n) is 18.2. The number of fused-ring (bicyclic) bond motifs is 5. The Morgan fingerprint density at radius 3 is 2.21 bits per heavy atom. The summed E-state index contributed by atoms with van der Waals surface area (Å²) in [7, 11) is 0. The monoisotopic (exact) mass is 487 g/mol. The zero-order valence-corrected chi connectivity index (χ0v) is 19.7. The van der Waals surface area contributed by atoms with E-state index in [-0.39, 0.29) is 17.3 Å². The molecule has 4 nitrogen and oxygen atoms in total. The van der Waals surface area contributed by atoms with Crippen LogP contribution >= 0.6 is 23.2 Å². The van der Waals surface area contributed by atoms with Crippen LogP contribution in [0.25, 0.3) is 6.08 Å². The number of carbonyl (C=O) groups is 3. The van der Waals surface area contributed by atoms with Crippen molar-refractivity contribution in [2.45, 2.75) is 24.9 Å². The van der Waals surface area contributed by atoms with Gasteiger partial charge < -0.3 is 4.90 Å². The molecule has 2 heterocycles. The topological polar surface area (TPSA) is 54.5 Å². The largest absolute Gasteiger partial charge is 0.352 e. The third-order valence-corrected chi connectivity index (χ3v) is 7.86. The lowest BCUT2D eigenvalue weighted by molar-refractivity contribution is -0.118. The van der Waals surface area contributed by atoms with E-state index in [0.29, 0.717) is 26.7 Å². The van der Waals surface area contributed by atoms with Crippen molar-refractivity contribution < 1.29 is 14.4 Å². The molecule has 1 spiro atoms. The molecule has 0 radical (unpaired) electrons. The molecule has 0 bridgehead atoms. The first-order valence-electron chi connectivity index (χ1n) is 11.1. The fourth-order valence-corrected chi connectivity index (χ4v) is 6.55. The number of nitrogens with zero attached hydrogens (tertiary/aromatic N) is 1. The van der Waals surface area contributed by atoms with Gasteiger partial charge in [0.05, 0.1) is 12.1 Å². The Labute approximate surface area is 206 Å². The van der Waals surface area contributed by atoms with E-state index in [1.807, 2.05) is 35.3 Å². The van der Waals surface area contributed by atoms with Crippen molar-refractivity contribution in [2.24, 2.45) is 5.41 Å². The van der Waals surface area contributed by atoms with Gasteiger partial charge >= 0.3 is 0 Å². The molecule has 34 heavy (non-hydrogen) atoms. The molecule has 0 saturated carbocycles.